The summed E-state index contributed by atoms with van der Waals surface area (Å²) < 4.78 is 13.7. The number of nitrogens with zero attached hydrogens (tertiary/aromatic N) is 2. The van der Waals surface area contributed by atoms with E-state index in [1.54, 1.807) is 11.0 Å². The van der Waals surface area contributed by atoms with E-state index in [-0.39, 0.29) is 17.8 Å². The topological polar surface area (TPSA) is 41.9 Å². The van der Waals surface area contributed by atoms with Crippen LogP contribution in [-0.2, 0) is 11.3 Å². The van der Waals surface area contributed by atoms with Crippen LogP contribution in [0.5, 0.6) is 0 Å². The zero-order valence-electron chi connectivity index (χ0n) is 14.6. The molecule has 2 aromatic rings. The second kappa shape index (κ2) is 7.05. The number of benzene rings is 2. The van der Waals surface area contributed by atoms with Gasteiger partial charge in [0.1, 0.15) is 12.9 Å². The summed E-state index contributed by atoms with van der Waals surface area (Å²) >= 11 is 0. The molecule has 0 spiro atoms. The zero-order chi connectivity index (χ0) is 18.0. The lowest BCUT2D eigenvalue weighted by molar-refractivity contribution is 0.0978. The zero-order valence-corrected chi connectivity index (χ0v) is 14.6. The fourth-order valence-electron chi connectivity index (χ4n) is 3.20. The van der Waals surface area contributed by atoms with Gasteiger partial charge in [-0.2, -0.15) is 0 Å². The van der Waals surface area contributed by atoms with Crippen molar-refractivity contribution in [2.45, 2.75) is 32.7 Å². The second-order valence-electron chi connectivity index (χ2n) is 6.16. The van der Waals surface area contributed by atoms with Gasteiger partial charge in [0.2, 0.25) is 0 Å². The number of rotatable bonds is 3. The Bertz CT molecular complexity index is 815. The normalized spacial score (nSPS) is 18.2. The van der Waals surface area contributed by atoms with E-state index in [4.69, 9.17) is 4.84 Å². The maximum atomic E-state index is 13.7. The largest absolute Gasteiger partial charge is 0.399 e. The number of anilines is 1. The minimum Gasteiger partial charge on any atom is -0.399 e. The summed E-state index contributed by atoms with van der Waals surface area (Å²) in [7, 11) is 1.46. The molecule has 4 nitrogen and oxygen atoms in total. The third-order valence-electron chi connectivity index (χ3n) is 4.49. The Kier molecular flexibility index (Phi) is 4.83. The fourth-order valence-corrected chi connectivity index (χ4v) is 3.20. The molecule has 1 aliphatic heterocycles. The number of oxime groups is 1. The molecule has 0 radical (unpaired) electrons. The minimum absolute atomic E-state index is 0.0977. The van der Waals surface area contributed by atoms with Gasteiger partial charge in [0.05, 0.1) is 11.4 Å². The van der Waals surface area contributed by atoms with E-state index >= 15 is 0 Å². The molecule has 1 aliphatic rings. The third-order valence-corrected chi connectivity index (χ3v) is 4.49. The highest BCUT2D eigenvalue weighted by Crippen LogP contribution is 2.33. The molecule has 1 heterocycles. The highest BCUT2D eigenvalue weighted by Gasteiger charge is 2.32. The Balaban J connectivity index is 2.04. The number of amides is 1. The number of aryl methyl sites for hydroxylation is 1. The van der Waals surface area contributed by atoms with Crippen LogP contribution in [0.4, 0.5) is 10.1 Å². The summed E-state index contributed by atoms with van der Waals surface area (Å²) in [6, 6.07) is 11.9. The number of fused-ring (bicyclic) bond motifs is 1. The van der Waals surface area contributed by atoms with E-state index in [0.29, 0.717) is 28.9 Å². The van der Waals surface area contributed by atoms with Gasteiger partial charge in [0.25, 0.3) is 5.91 Å². The molecule has 0 N–H and O–H groups in total. The van der Waals surface area contributed by atoms with Crippen molar-refractivity contribution in [2.75, 3.05) is 12.0 Å². The van der Waals surface area contributed by atoms with Crippen LogP contribution in [0, 0.1) is 5.82 Å². The fraction of sp³-hybridized carbons (Fsp3) is 0.300. The van der Waals surface area contributed by atoms with Crippen LogP contribution in [0.25, 0.3) is 0 Å². The van der Waals surface area contributed by atoms with Gasteiger partial charge < -0.3 is 9.74 Å². The summed E-state index contributed by atoms with van der Waals surface area (Å²) in [6.07, 6.45) is 1.43. The number of carbonyl (C=O) groups excluding carboxylic acids is 1. The quantitative estimate of drug-likeness (QED) is 0.787. The first kappa shape index (κ1) is 17.1. The second-order valence-corrected chi connectivity index (χ2v) is 6.16. The average molecular weight is 340 g/mol. The monoisotopic (exact) mass is 340 g/mol. The molecule has 5 heteroatoms. The van der Waals surface area contributed by atoms with Crippen LogP contribution in [0.2, 0.25) is 0 Å². The number of carbonyl (C=O) groups is 1. The predicted octanol–water partition coefficient (Wildman–Crippen LogP) is 4.18. The highest BCUT2D eigenvalue weighted by molar-refractivity contribution is 6.15. The molecule has 0 aliphatic carbocycles. The maximum absolute atomic E-state index is 13.7. The number of halogens is 1. The van der Waals surface area contributed by atoms with Crippen molar-refractivity contribution in [3.05, 3.63) is 65.0 Å². The molecule has 0 saturated carbocycles. The lowest BCUT2D eigenvalue weighted by atomic mass is 9.93. The minimum atomic E-state index is -0.364. The van der Waals surface area contributed by atoms with Crippen molar-refractivity contribution in [1.82, 2.24) is 0 Å². The summed E-state index contributed by atoms with van der Waals surface area (Å²) in [5.74, 6) is -0.462. The van der Waals surface area contributed by atoms with Gasteiger partial charge in [-0.25, -0.2) is 4.39 Å². The van der Waals surface area contributed by atoms with Crippen LogP contribution >= 0.6 is 0 Å². The molecular weight excluding hydrogens is 319 g/mol. The van der Waals surface area contributed by atoms with Crippen molar-refractivity contribution in [1.29, 1.82) is 0 Å². The van der Waals surface area contributed by atoms with Gasteiger partial charge in [0, 0.05) is 23.6 Å². The first-order chi connectivity index (χ1) is 12.0. The number of hydrogen-bond acceptors (Lipinski definition) is 3. The Morgan fingerprint density at radius 3 is 2.64 bits per heavy atom. The maximum Gasteiger partial charge on any atom is 0.258 e. The molecule has 0 aromatic heterocycles. The van der Waals surface area contributed by atoms with Gasteiger partial charge in [-0.05, 0) is 49.2 Å². The van der Waals surface area contributed by atoms with Crippen molar-refractivity contribution >= 4 is 17.3 Å². The van der Waals surface area contributed by atoms with Gasteiger partial charge in [-0.15, -0.1) is 0 Å². The molecule has 1 atom stereocenters. The van der Waals surface area contributed by atoms with E-state index in [0.717, 1.165) is 6.42 Å². The van der Waals surface area contributed by atoms with E-state index in [2.05, 4.69) is 12.1 Å². The molecular formula is C20H21FN2O2. The SMILES string of the molecule is CCc1ccc(C(=O)N2c3ccc(F)cc3/C(=N/OC)CC2C)cc1. The molecule has 3 rings (SSSR count). The number of hydrogen-bond donors (Lipinski definition) is 0. The molecule has 25 heavy (non-hydrogen) atoms. The van der Waals surface area contributed by atoms with Gasteiger partial charge in [-0.3, -0.25) is 4.79 Å². The van der Waals surface area contributed by atoms with Crippen molar-refractivity contribution in [3.8, 4) is 0 Å². The Morgan fingerprint density at radius 1 is 1.28 bits per heavy atom. The summed E-state index contributed by atoms with van der Waals surface area (Å²) in [5.41, 5.74) is 3.69. The van der Waals surface area contributed by atoms with Crippen molar-refractivity contribution in [3.63, 3.8) is 0 Å². The van der Waals surface area contributed by atoms with Crippen LogP contribution in [0.3, 0.4) is 0 Å². The van der Waals surface area contributed by atoms with Crippen molar-refractivity contribution < 1.29 is 14.0 Å². The molecule has 0 saturated heterocycles. The first-order valence-electron chi connectivity index (χ1n) is 8.37. The van der Waals surface area contributed by atoms with Gasteiger partial charge in [-0.1, -0.05) is 24.2 Å². The first-order valence-corrected chi connectivity index (χ1v) is 8.37. The van der Waals surface area contributed by atoms with Crippen molar-refractivity contribution in [2.24, 2.45) is 5.16 Å². The summed E-state index contributed by atoms with van der Waals surface area (Å²) in [4.78, 5) is 19.7. The summed E-state index contributed by atoms with van der Waals surface area (Å²) in [6.45, 7) is 4.03. The van der Waals surface area contributed by atoms with Gasteiger partial charge >= 0.3 is 0 Å². The molecule has 1 amide bonds. The third kappa shape index (κ3) is 3.27. The Labute approximate surface area is 146 Å². The van der Waals surface area contributed by atoms with Crippen LogP contribution in [-0.4, -0.2) is 24.8 Å². The van der Waals surface area contributed by atoms with E-state index in [9.17, 15) is 9.18 Å². The molecule has 130 valence electrons. The average Bonchev–Trinajstić information content (AvgIpc) is 2.62. The smallest absolute Gasteiger partial charge is 0.258 e. The van der Waals surface area contributed by atoms with Crippen LogP contribution < -0.4 is 4.90 Å². The van der Waals surface area contributed by atoms with E-state index < -0.39 is 0 Å². The van der Waals surface area contributed by atoms with E-state index in [1.165, 1.54) is 24.8 Å². The lowest BCUT2D eigenvalue weighted by Crippen LogP contribution is -2.44. The summed E-state index contributed by atoms with van der Waals surface area (Å²) in [5, 5.41) is 4.02. The Hall–Kier alpha value is -2.69. The molecule has 0 fully saturated rings. The molecule has 2 aromatic carbocycles. The Morgan fingerprint density at radius 2 is 2.00 bits per heavy atom. The standard InChI is InChI=1S/C20H21FN2O2/c1-4-14-5-7-15(8-6-14)20(24)23-13(2)11-18(22-25-3)17-12-16(21)9-10-19(17)23/h5-10,12-13H,4,11H2,1-3H3/b22-18+. The lowest BCUT2D eigenvalue weighted by Gasteiger charge is -2.35. The van der Waals surface area contributed by atoms with E-state index in [1.807, 2.05) is 31.2 Å². The molecule has 0 bridgehead atoms. The molecule has 1 unspecified atom stereocenters. The van der Waals surface area contributed by atoms with Gasteiger partial charge in [0.15, 0.2) is 0 Å². The highest BCUT2D eigenvalue weighted by atomic mass is 19.1. The van der Waals surface area contributed by atoms with Crippen LogP contribution in [0.1, 0.15) is 41.8 Å². The predicted molar refractivity (Wildman–Crippen MR) is 96.7 cm³/mol. The van der Waals surface area contributed by atoms with Crippen LogP contribution in [0.15, 0.2) is 47.6 Å².